The van der Waals surface area contributed by atoms with E-state index in [2.05, 4.69) is 5.32 Å². The molecular formula is C15H14Cl2N2O3S. The lowest BCUT2D eigenvalue weighted by Gasteiger charge is -2.09. The maximum atomic E-state index is 12.3. The molecule has 3 N–H and O–H groups in total. The topological polar surface area (TPSA) is 89.3 Å². The van der Waals surface area contributed by atoms with Crippen molar-refractivity contribution in [3.8, 4) is 0 Å². The summed E-state index contributed by atoms with van der Waals surface area (Å²) in [6, 6.07) is 9.35. The summed E-state index contributed by atoms with van der Waals surface area (Å²) in [6.07, 6.45) is 1.14. The van der Waals surface area contributed by atoms with Gasteiger partial charge in [-0.15, -0.1) is 0 Å². The van der Waals surface area contributed by atoms with Crippen LogP contribution < -0.4 is 11.1 Å². The Morgan fingerprint density at radius 3 is 2.35 bits per heavy atom. The van der Waals surface area contributed by atoms with Crippen LogP contribution in [0.25, 0.3) is 0 Å². The third-order valence-electron chi connectivity index (χ3n) is 2.95. The van der Waals surface area contributed by atoms with E-state index in [9.17, 15) is 13.2 Å². The second-order valence-corrected chi connectivity index (χ2v) is 8.03. The minimum atomic E-state index is -3.18. The van der Waals surface area contributed by atoms with Gasteiger partial charge in [-0.2, -0.15) is 0 Å². The number of nitrogen functional groups attached to an aromatic ring is 1. The lowest BCUT2D eigenvalue weighted by Crippen LogP contribution is -2.13. The van der Waals surface area contributed by atoms with Gasteiger partial charge in [0.15, 0.2) is 9.84 Å². The highest BCUT2D eigenvalue weighted by Crippen LogP contribution is 2.31. The summed E-state index contributed by atoms with van der Waals surface area (Å²) in [7, 11) is -3.18. The first kappa shape index (κ1) is 17.6. The molecule has 0 aromatic heterocycles. The Balaban J connectivity index is 2.23. The molecule has 0 radical (unpaired) electrons. The summed E-state index contributed by atoms with van der Waals surface area (Å²) in [5, 5.41) is 3.11. The molecule has 0 saturated heterocycles. The van der Waals surface area contributed by atoms with Gasteiger partial charge < -0.3 is 11.1 Å². The Bertz CT molecular complexity index is 844. The molecule has 8 heteroatoms. The number of sulfone groups is 1. The number of amides is 1. The van der Waals surface area contributed by atoms with Crippen molar-refractivity contribution in [2.75, 3.05) is 17.3 Å². The van der Waals surface area contributed by atoms with Gasteiger partial charge in [0.05, 0.1) is 21.5 Å². The average Bonchev–Trinajstić information content (AvgIpc) is 2.43. The maximum absolute atomic E-state index is 12.3. The van der Waals surface area contributed by atoms with Crippen LogP contribution in [0.15, 0.2) is 36.4 Å². The van der Waals surface area contributed by atoms with E-state index >= 15 is 0 Å². The van der Waals surface area contributed by atoms with E-state index in [1.165, 1.54) is 18.2 Å². The molecule has 0 fully saturated rings. The largest absolute Gasteiger partial charge is 0.396 e. The molecule has 122 valence electrons. The third kappa shape index (κ3) is 4.86. The van der Waals surface area contributed by atoms with Crippen molar-refractivity contribution in [2.45, 2.75) is 5.75 Å². The zero-order valence-corrected chi connectivity index (χ0v) is 14.5. The quantitative estimate of drug-likeness (QED) is 0.805. The molecule has 0 aliphatic rings. The van der Waals surface area contributed by atoms with Gasteiger partial charge in [-0.25, -0.2) is 8.42 Å². The molecule has 0 aliphatic carbocycles. The number of benzene rings is 2. The number of halogens is 2. The Labute approximate surface area is 144 Å². The Kier molecular flexibility index (Phi) is 5.19. The lowest BCUT2D eigenvalue weighted by molar-refractivity contribution is 0.102. The number of nitrogens with two attached hydrogens (primary N) is 1. The number of hydrogen-bond donors (Lipinski definition) is 2. The standard InChI is InChI=1S/C15H14Cl2N2O3S/c1-23(21,22)8-9-3-2-4-10(5-9)15(20)19-11-6-12(16)14(18)13(17)7-11/h2-7H,8,18H2,1H3,(H,19,20). The van der Waals surface area contributed by atoms with Crippen LogP contribution in [0, 0.1) is 0 Å². The monoisotopic (exact) mass is 372 g/mol. The highest BCUT2D eigenvalue weighted by Gasteiger charge is 2.11. The Hall–Kier alpha value is -1.76. The van der Waals surface area contributed by atoms with E-state index in [-0.39, 0.29) is 21.5 Å². The molecule has 5 nitrogen and oxygen atoms in total. The summed E-state index contributed by atoms with van der Waals surface area (Å²) in [4.78, 5) is 12.3. The van der Waals surface area contributed by atoms with E-state index in [0.717, 1.165) is 6.26 Å². The van der Waals surface area contributed by atoms with Gasteiger partial charge in [-0.05, 0) is 29.8 Å². The summed E-state index contributed by atoms with van der Waals surface area (Å²) in [5.41, 5.74) is 7.14. The molecule has 1 amide bonds. The number of anilines is 2. The number of carbonyl (C=O) groups excluding carboxylic acids is 1. The number of rotatable bonds is 4. The molecule has 0 heterocycles. The molecule has 2 aromatic rings. The summed E-state index contributed by atoms with van der Waals surface area (Å²) < 4.78 is 22.7. The molecule has 0 bridgehead atoms. The van der Waals surface area contributed by atoms with Crippen molar-refractivity contribution in [3.05, 3.63) is 57.6 Å². The number of carbonyl (C=O) groups is 1. The van der Waals surface area contributed by atoms with E-state index in [4.69, 9.17) is 28.9 Å². The highest BCUT2D eigenvalue weighted by molar-refractivity contribution is 7.89. The van der Waals surface area contributed by atoms with Crippen LogP contribution in [-0.4, -0.2) is 20.6 Å². The fraction of sp³-hybridized carbons (Fsp3) is 0.133. The van der Waals surface area contributed by atoms with Crippen LogP contribution in [0.3, 0.4) is 0 Å². The van der Waals surface area contributed by atoms with Gasteiger partial charge in [0.1, 0.15) is 0 Å². The Morgan fingerprint density at radius 1 is 1.17 bits per heavy atom. The van der Waals surface area contributed by atoms with E-state index in [1.807, 2.05) is 0 Å². The summed E-state index contributed by atoms with van der Waals surface area (Å²) in [5.74, 6) is -0.537. The van der Waals surface area contributed by atoms with Crippen molar-refractivity contribution in [1.82, 2.24) is 0 Å². The second-order valence-electron chi connectivity index (χ2n) is 5.08. The van der Waals surface area contributed by atoms with Gasteiger partial charge >= 0.3 is 0 Å². The van der Waals surface area contributed by atoms with Gasteiger partial charge in [0, 0.05) is 17.5 Å². The van der Waals surface area contributed by atoms with Gasteiger partial charge in [-0.3, -0.25) is 4.79 Å². The van der Waals surface area contributed by atoms with E-state index < -0.39 is 15.7 Å². The second kappa shape index (κ2) is 6.78. The van der Waals surface area contributed by atoms with Crippen molar-refractivity contribution in [2.24, 2.45) is 0 Å². The van der Waals surface area contributed by atoms with Crippen LogP contribution in [-0.2, 0) is 15.6 Å². The smallest absolute Gasteiger partial charge is 0.255 e. The predicted octanol–water partition coefficient (Wildman–Crippen LogP) is 3.37. The van der Waals surface area contributed by atoms with Crippen LogP contribution in [0.1, 0.15) is 15.9 Å². The fourth-order valence-electron chi connectivity index (χ4n) is 1.96. The zero-order valence-electron chi connectivity index (χ0n) is 12.1. The molecular weight excluding hydrogens is 359 g/mol. The number of hydrogen-bond acceptors (Lipinski definition) is 4. The summed E-state index contributed by atoms with van der Waals surface area (Å²) >= 11 is 11.8. The van der Waals surface area contributed by atoms with Gasteiger partial charge in [0.2, 0.25) is 0 Å². The Morgan fingerprint density at radius 2 is 1.78 bits per heavy atom. The highest BCUT2D eigenvalue weighted by atomic mass is 35.5. The van der Waals surface area contributed by atoms with E-state index in [0.29, 0.717) is 16.8 Å². The van der Waals surface area contributed by atoms with E-state index in [1.54, 1.807) is 18.2 Å². The van der Waals surface area contributed by atoms with Crippen LogP contribution >= 0.6 is 23.2 Å². The predicted molar refractivity (Wildman–Crippen MR) is 93.8 cm³/mol. The van der Waals surface area contributed by atoms with Crippen molar-refractivity contribution in [1.29, 1.82) is 0 Å². The lowest BCUT2D eigenvalue weighted by atomic mass is 10.1. The van der Waals surface area contributed by atoms with Crippen molar-refractivity contribution >= 4 is 50.3 Å². The number of nitrogens with one attached hydrogen (secondary N) is 1. The van der Waals surface area contributed by atoms with Crippen LogP contribution in [0.4, 0.5) is 11.4 Å². The molecule has 2 rings (SSSR count). The first-order valence-corrected chi connectivity index (χ1v) is 9.30. The van der Waals surface area contributed by atoms with Crippen molar-refractivity contribution in [3.63, 3.8) is 0 Å². The minimum Gasteiger partial charge on any atom is -0.396 e. The molecule has 0 atom stereocenters. The van der Waals surface area contributed by atoms with Crippen LogP contribution in [0.5, 0.6) is 0 Å². The molecule has 0 aliphatic heterocycles. The molecule has 23 heavy (non-hydrogen) atoms. The molecule has 2 aromatic carbocycles. The first-order chi connectivity index (χ1) is 10.7. The van der Waals surface area contributed by atoms with Gasteiger partial charge in [-0.1, -0.05) is 35.3 Å². The molecule has 0 spiro atoms. The SMILES string of the molecule is CS(=O)(=O)Cc1cccc(C(=O)Nc2cc(Cl)c(N)c(Cl)c2)c1. The fourth-order valence-corrected chi connectivity index (χ4v) is 3.24. The van der Waals surface area contributed by atoms with Crippen molar-refractivity contribution < 1.29 is 13.2 Å². The van der Waals surface area contributed by atoms with Gasteiger partial charge in [0.25, 0.3) is 5.91 Å². The average molecular weight is 373 g/mol. The molecule has 0 saturated carbocycles. The first-order valence-electron chi connectivity index (χ1n) is 6.48. The zero-order chi connectivity index (χ0) is 17.2. The third-order valence-corrected chi connectivity index (χ3v) is 4.44. The molecule has 0 unspecified atom stereocenters. The minimum absolute atomic E-state index is 0.131. The maximum Gasteiger partial charge on any atom is 0.255 e. The van der Waals surface area contributed by atoms with Crippen LogP contribution in [0.2, 0.25) is 10.0 Å². The summed E-state index contributed by atoms with van der Waals surface area (Å²) in [6.45, 7) is 0. The normalized spacial score (nSPS) is 11.3.